The molecule has 0 bridgehead atoms. The summed E-state index contributed by atoms with van der Waals surface area (Å²) in [6.07, 6.45) is 5.13. The highest BCUT2D eigenvalue weighted by Gasteiger charge is 2.42. The van der Waals surface area contributed by atoms with Gasteiger partial charge in [0, 0.05) is 5.39 Å². The molecule has 0 spiro atoms. The van der Waals surface area contributed by atoms with Gasteiger partial charge in [-0.1, -0.05) is 29.3 Å². The van der Waals surface area contributed by atoms with Crippen LogP contribution in [-0.4, -0.2) is 43.7 Å². The van der Waals surface area contributed by atoms with Crippen molar-refractivity contribution in [3.8, 4) is 11.5 Å². The second kappa shape index (κ2) is 11.0. The predicted molar refractivity (Wildman–Crippen MR) is 131 cm³/mol. The molecule has 10 heteroatoms. The molecule has 6 nitrogen and oxygen atoms in total. The largest absolute Gasteiger partial charge is 0.486 e. The molecule has 1 amide bonds. The van der Waals surface area contributed by atoms with Crippen LogP contribution in [0.1, 0.15) is 30.6 Å². The molecule has 3 heterocycles. The van der Waals surface area contributed by atoms with Gasteiger partial charge in [-0.25, -0.2) is 0 Å². The third-order valence-corrected chi connectivity index (χ3v) is 6.77. The van der Waals surface area contributed by atoms with E-state index in [4.69, 9.17) is 37.1 Å². The fourth-order valence-electron chi connectivity index (χ4n) is 4.08. The molecule has 3 aromatic rings. The molecule has 35 heavy (non-hydrogen) atoms. The van der Waals surface area contributed by atoms with E-state index in [1.54, 1.807) is 0 Å². The van der Waals surface area contributed by atoms with Crippen LogP contribution in [-0.2, 0) is 17.1 Å². The van der Waals surface area contributed by atoms with Gasteiger partial charge < -0.3 is 24.5 Å². The topological polar surface area (TPSA) is 77.9 Å². The second-order valence-electron chi connectivity index (χ2n) is 8.45. The van der Waals surface area contributed by atoms with Crippen LogP contribution in [0.4, 0.5) is 8.78 Å². The Kier molecular flexibility index (Phi) is 8.04. The van der Waals surface area contributed by atoms with Crippen LogP contribution in [0.5, 0.6) is 11.5 Å². The maximum absolute atomic E-state index is 13.3. The zero-order valence-electron chi connectivity index (χ0n) is 19.0. The lowest BCUT2D eigenvalue weighted by molar-refractivity contribution is -0.145. The normalized spacial score (nSPS) is 15.7. The van der Waals surface area contributed by atoms with Crippen molar-refractivity contribution >= 4 is 40.1 Å². The predicted octanol–water partition coefficient (Wildman–Crippen LogP) is 5.80. The molecule has 5 rings (SSSR count). The molecule has 188 valence electrons. The molecule has 0 atom stereocenters. The number of hydrogen-bond donors (Lipinski definition) is 1. The van der Waals surface area contributed by atoms with Crippen LogP contribution in [0.2, 0.25) is 10.0 Å². The van der Waals surface area contributed by atoms with Crippen molar-refractivity contribution in [3.63, 3.8) is 0 Å². The van der Waals surface area contributed by atoms with Gasteiger partial charge in [0.05, 0.1) is 10.0 Å². The third kappa shape index (κ3) is 6.00. The Morgan fingerprint density at radius 1 is 1.03 bits per heavy atom. The number of ether oxygens (including phenoxy) is 2. The SMILES string of the molecule is NC(=O)C(F)(F)c1cc2c(Cl)c(Cl)ccc2o1.c1cc2c(cc1CCCN1CCCC1)OCCO2. The summed E-state index contributed by atoms with van der Waals surface area (Å²) in [6.45, 7) is 5.16. The van der Waals surface area contributed by atoms with Crippen LogP contribution in [0.25, 0.3) is 11.0 Å². The number of alkyl halides is 2. The number of nitrogens with two attached hydrogens (primary N) is 1. The number of nitrogens with zero attached hydrogens (tertiary/aromatic N) is 1. The maximum atomic E-state index is 13.3. The molecule has 2 N–H and O–H groups in total. The van der Waals surface area contributed by atoms with Crippen molar-refractivity contribution in [2.45, 2.75) is 31.6 Å². The summed E-state index contributed by atoms with van der Waals surface area (Å²) in [6, 6.07) is 10.1. The zero-order chi connectivity index (χ0) is 25.0. The number of amides is 1. The Labute approximate surface area is 211 Å². The van der Waals surface area contributed by atoms with E-state index in [2.05, 4.69) is 22.8 Å². The number of carbonyl (C=O) groups excluding carboxylic acids is 1. The molecule has 2 aliphatic heterocycles. The highest BCUT2D eigenvalue weighted by atomic mass is 35.5. The summed E-state index contributed by atoms with van der Waals surface area (Å²) in [5.74, 6) is -4.72. The summed E-state index contributed by atoms with van der Waals surface area (Å²) in [4.78, 5) is 13.2. The second-order valence-corrected chi connectivity index (χ2v) is 9.24. The number of aryl methyl sites for hydroxylation is 1. The van der Waals surface area contributed by atoms with Crippen molar-refractivity contribution in [1.82, 2.24) is 4.90 Å². The Morgan fingerprint density at radius 2 is 1.74 bits per heavy atom. The Balaban J connectivity index is 0.000000165. The number of carbonyl (C=O) groups is 1. The Hall–Kier alpha value is -2.55. The van der Waals surface area contributed by atoms with E-state index in [0.717, 1.165) is 24.0 Å². The van der Waals surface area contributed by atoms with E-state index in [0.29, 0.717) is 13.2 Å². The lowest BCUT2D eigenvalue weighted by Gasteiger charge is -2.19. The number of fused-ring (bicyclic) bond motifs is 2. The van der Waals surface area contributed by atoms with E-state index in [1.165, 1.54) is 56.6 Å². The lowest BCUT2D eigenvalue weighted by atomic mass is 10.1. The lowest BCUT2D eigenvalue weighted by Crippen LogP contribution is -2.32. The fraction of sp³-hybridized carbons (Fsp3) is 0.400. The standard InChI is InChI=1S/C15H21NO2.C10H5Cl2F2NO2/c1-2-8-16(7-1)9-3-4-13-5-6-14-15(12-13)18-11-10-17-14;11-5-1-2-6-4(8(5)12)3-7(17-6)10(13,14)9(15)16/h5-6,12H,1-4,7-11H2;1-3H,(H2,15,16). The minimum Gasteiger partial charge on any atom is -0.486 e. The maximum Gasteiger partial charge on any atom is 0.380 e. The molecule has 1 aromatic heterocycles. The zero-order valence-corrected chi connectivity index (χ0v) is 20.5. The van der Waals surface area contributed by atoms with Crippen molar-refractivity contribution in [2.24, 2.45) is 5.73 Å². The molecular formula is C25H26Cl2F2N2O4. The highest BCUT2D eigenvalue weighted by molar-refractivity contribution is 6.45. The molecule has 0 aliphatic carbocycles. The average Bonchev–Trinajstić information content (AvgIpc) is 3.52. The van der Waals surface area contributed by atoms with Gasteiger partial charge >= 0.3 is 5.92 Å². The first-order valence-corrected chi connectivity index (χ1v) is 12.2. The van der Waals surface area contributed by atoms with Gasteiger partial charge in [0.15, 0.2) is 17.3 Å². The first kappa shape index (κ1) is 25.5. The van der Waals surface area contributed by atoms with E-state index >= 15 is 0 Å². The molecule has 0 unspecified atom stereocenters. The van der Waals surface area contributed by atoms with Crippen LogP contribution in [0.15, 0.2) is 40.8 Å². The fourth-order valence-corrected chi connectivity index (χ4v) is 4.46. The van der Waals surface area contributed by atoms with E-state index < -0.39 is 17.6 Å². The number of furan rings is 1. The minimum absolute atomic E-state index is 0.0828. The Morgan fingerprint density at radius 3 is 2.46 bits per heavy atom. The van der Waals surface area contributed by atoms with E-state index in [1.807, 2.05) is 6.07 Å². The van der Waals surface area contributed by atoms with E-state index in [9.17, 15) is 13.6 Å². The highest BCUT2D eigenvalue weighted by Crippen LogP contribution is 2.37. The van der Waals surface area contributed by atoms with Crippen LogP contribution < -0.4 is 15.2 Å². The van der Waals surface area contributed by atoms with Gasteiger partial charge in [0.25, 0.3) is 5.91 Å². The smallest absolute Gasteiger partial charge is 0.380 e. The molecular weight excluding hydrogens is 501 g/mol. The van der Waals surface area contributed by atoms with Gasteiger partial charge in [0.1, 0.15) is 18.8 Å². The summed E-state index contributed by atoms with van der Waals surface area (Å²) in [7, 11) is 0. The van der Waals surface area contributed by atoms with Crippen LogP contribution >= 0.6 is 23.2 Å². The van der Waals surface area contributed by atoms with Crippen LogP contribution in [0.3, 0.4) is 0 Å². The molecule has 1 saturated heterocycles. The van der Waals surface area contributed by atoms with Crippen molar-refractivity contribution < 1.29 is 27.5 Å². The van der Waals surface area contributed by atoms with Crippen molar-refractivity contribution in [2.75, 3.05) is 32.8 Å². The van der Waals surface area contributed by atoms with Gasteiger partial charge in [-0.15, -0.1) is 0 Å². The number of benzene rings is 2. The first-order valence-electron chi connectivity index (χ1n) is 11.4. The van der Waals surface area contributed by atoms with Crippen LogP contribution in [0, 0.1) is 0 Å². The number of rotatable bonds is 6. The number of primary amides is 1. The monoisotopic (exact) mass is 526 g/mol. The average molecular weight is 527 g/mol. The summed E-state index contributed by atoms with van der Waals surface area (Å²) < 4.78 is 42.6. The number of halogens is 4. The Bertz CT molecular complexity index is 1200. The van der Waals surface area contributed by atoms with E-state index in [-0.39, 0.29) is 21.0 Å². The van der Waals surface area contributed by atoms with Gasteiger partial charge in [-0.05, 0) is 81.2 Å². The number of likely N-dealkylation sites (tertiary alicyclic amines) is 1. The molecule has 2 aromatic carbocycles. The van der Waals surface area contributed by atoms with Crippen molar-refractivity contribution in [3.05, 3.63) is 57.8 Å². The summed E-state index contributed by atoms with van der Waals surface area (Å²) in [5.41, 5.74) is 6.05. The quantitative estimate of drug-likeness (QED) is 0.438. The minimum atomic E-state index is -3.88. The number of hydrogen-bond acceptors (Lipinski definition) is 5. The van der Waals surface area contributed by atoms with Gasteiger partial charge in [-0.2, -0.15) is 8.78 Å². The van der Waals surface area contributed by atoms with Crippen molar-refractivity contribution in [1.29, 1.82) is 0 Å². The molecule has 1 fully saturated rings. The van der Waals surface area contributed by atoms with Gasteiger partial charge in [-0.3, -0.25) is 4.79 Å². The summed E-state index contributed by atoms with van der Waals surface area (Å²) >= 11 is 11.5. The first-order chi connectivity index (χ1) is 16.8. The molecule has 0 radical (unpaired) electrons. The summed E-state index contributed by atoms with van der Waals surface area (Å²) in [5, 5.41) is 0.489. The third-order valence-electron chi connectivity index (χ3n) is 5.95. The van der Waals surface area contributed by atoms with Gasteiger partial charge in [0.2, 0.25) is 0 Å². The molecule has 2 aliphatic rings. The molecule has 0 saturated carbocycles.